The number of fused-ring (bicyclic) bond motifs is 1. The molecule has 166 valence electrons. The van der Waals surface area contributed by atoms with Gasteiger partial charge in [-0.25, -0.2) is 0 Å². The highest BCUT2D eigenvalue weighted by molar-refractivity contribution is 6.01. The van der Waals surface area contributed by atoms with Crippen LogP contribution < -0.4 is 11.1 Å². The van der Waals surface area contributed by atoms with Gasteiger partial charge >= 0.3 is 0 Å². The number of rotatable bonds is 5. The number of carbonyl (C=O) groups excluding carboxylic acids is 2. The molecular formula is C25H33N3O3. The fourth-order valence-electron chi connectivity index (χ4n) is 5.19. The quantitative estimate of drug-likeness (QED) is 0.746. The highest BCUT2D eigenvalue weighted by Crippen LogP contribution is 2.38. The van der Waals surface area contributed by atoms with Crippen molar-refractivity contribution in [2.45, 2.75) is 71.4 Å². The molecular weight excluding hydrogens is 390 g/mol. The third-order valence-corrected chi connectivity index (χ3v) is 6.77. The maximum Gasteiger partial charge on any atom is 0.250 e. The van der Waals surface area contributed by atoms with Gasteiger partial charge in [0.25, 0.3) is 5.91 Å². The van der Waals surface area contributed by atoms with Crippen LogP contribution in [0.1, 0.15) is 77.9 Å². The first-order valence-electron chi connectivity index (χ1n) is 11.2. The van der Waals surface area contributed by atoms with Crippen molar-refractivity contribution in [1.29, 1.82) is 0 Å². The van der Waals surface area contributed by atoms with Crippen molar-refractivity contribution in [2.75, 3.05) is 12.4 Å². The van der Waals surface area contributed by atoms with Crippen molar-refractivity contribution in [3.8, 4) is 5.69 Å². The van der Waals surface area contributed by atoms with E-state index >= 15 is 0 Å². The standard InChI is InChI=1S/C25H33N3O3/c1-15-14-28(21-12-25(2,3)13-22(29)23(15)21)17-7-10-19(24(26)30)20(11-17)27-16-5-8-18(31-4)9-6-16/h7,10-11,14,16,18,27H,5-6,8-9,12-13H2,1-4H3,(H2,26,30)/t16-,18-. The summed E-state index contributed by atoms with van der Waals surface area (Å²) in [5.41, 5.74) is 10.7. The maximum atomic E-state index is 12.8. The molecule has 3 N–H and O–H groups in total. The number of nitrogens with two attached hydrogens (primary N) is 1. The molecule has 0 atom stereocenters. The van der Waals surface area contributed by atoms with Crippen molar-refractivity contribution in [3.05, 3.63) is 46.8 Å². The van der Waals surface area contributed by atoms with Crippen LogP contribution in [0.25, 0.3) is 5.69 Å². The lowest BCUT2D eigenvalue weighted by Gasteiger charge is -2.30. The monoisotopic (exact) mass is 423 g/mol. The fourth-order valence-corrected chi connectivity index (χ4v) is 5.19. The lowest BCUT2D eigenvalue weighted by molar-refractivity contribution is 0.0681. The molecule has 2 aliphatic carbocycles. The van der Waals surface area contributed by atoms with E-state index in [0.717, 1.165) is 60.3 Å². The van der Waals surface area contributed by atoms with Crippen molar-refractivity contribution in [1.82, 2.24) is 4.57 Å². The van der Waals surface area contributed by atoms with Gasteiger partial charge in [0.15, 0.2) is 5.78 Å². The van der Waals surface area contributed by atoms with Crippen molar-refractivity contribution >= 4 is 17.4 Å². The van der Waals surface area contributed by atoms with Crippen molar-refractivity contribution in [3.63, 3.8) is 0 Å². The number of ether oxygens (including phenoxy) is 1. The molecule has 1 heterocycles. The molecule has 1 aromatic carbocycles. The van der Waals surface area contributed by atoms with Crippen LogP contribution in [-0.4, -0.2) is 35.5 Å². The average molecular weight is 424 g/mol. The minimum atomic E-state index is -0.443. The Labute approximate surface area is 184 Å². The minimum Gasteiger partial charge on any atom is -0.382 e. The largest absolute Gasteiger partial charge is 0.382 e. The van der Waals surface area contributed by atoms with Crippen LogP contribution in [0, 0.1) is 12.3 Å². The van der Waals surface area contributed by atoms with Crippen LogP contribution >= 0.6 is 0 Å². The number of amides is 1. The summed E-state index contributed by atoms with van der Waals surface area (Å²) in [7, 11) is 1.76. The average Bonchev–Trinajstić information content (AvgIpc) is 3.03. The molecule has 6 nitrogen and oxygen atoms in total. The number of hydrogen-bond donors (Lipinski definition) is 2. The number of hydrogen-bond acceptors (Lipinski definition) is 4. The van der Waals surface area contributed by atoms with Crippen LogP contribution in [0.2, 0.25) is 0 Å². The third kappa shape index (κ3) is 4.26. The molecule has 0 unspecified atom stereocenters. The first-order chi connectivity index (χ1) is 14.7. The van der Waals surface area contributed by atoms with Crippen LogP contribution in [-0.2, 0) is 11.2 Å². The van der Waals surface area contributed by atoms with E-state index < -0.39 is 5.91 Å². The summed E-state index contributed by atoms with van der Waals surface area (Å²) in [5.74, 6) is -0.230. The molecule has 0 radical (unpaired) electrons. The van der Waals surface area contributed by atoms with Gasteiger partial charge in [0, 0.05) is 48.4 Å². The van der Waals surface area contributed by atoms with E-state index in [1.807, 2.05) is 25.3 Å². The number of anilines is 1. The molecule has 4 rings (SSSR count). The topological polar surface area (TPSA) is 86.3 Å². The maximum absolute atomic E-state index is 12.8. The second kappa shape index (κ2) is 8.15. The second-order valence-electron chi connectivity index (χ2n) is 9.89. The molecule has 2 aliphatic rings. The summed E-state index contributed by atoms with van der Waals surface area (Å²) in [4.78, 5) is 24.9. The second-order valence-corrected chi connectivity index (χ2v) is 9.89. The third-order valence-electron chi connectivity index (χ3n) is 6.77. The summed E-state index contributed by atoms with van der Waals surface area (Å²) >= 11 is 0. The van der Waals surface area contributed by atoms with Crippen molar-refractivity contribution in [2.24, 2.45) is 11.1 Å². The van der Waals surface area contributed by atoms with Gasteiger partial charge in [0.2, 0.25) is 0 Å². The predicted octanol–water partition coefficient (Wildman–Crippen LogP) is 4.41. The molecule has 6 heteroatoms. The highest BCUT2D eigenvalue weighted by Gasteiger charge is 2.35. The molecule has 1 saturated carbocycles. The van der Waals surface area contributed by atoms with Gasteiger partial charge in [-0.05, 0) is 68.2 Å². The summed E-state index contributed by atoms with van der Waals surface area (Å²) in [6.07, 6.45) is 7.74. The Hall–Kier alpha value is -2.60. The van der Waals surface area contributed by atoms with Crippen LogP contribution in [0.3, 0.4) is 0 Å². The lowest BCUT2D eigenvalue weighted by atomic mass is 9.75. The summed E-state index contributed by atoms with van der Waals surface area (Å²) in [5, 5.41) is 3.56. The number of benzene rings is 1. The van der Waals surface area contributed by atoms with Gasteiger partial charge in [-0.3, -0.25) is 9.59 Å². The van der Waals surface area contributed by atoms with Gasteiger partial charge in [0.1, 0.15) is 0 Å². The molecule has 2 aromatic rings. The van der Waals surface area contributed by atoms with Gasteiger partial charge < -0.3 is 20.4 Å². The first-order valence-corrected chi connectivity index (χ1v) is 11.2. The number of carbonyl (C=O) groups is 2. The van der Waals surface area contributed by atoms with Crippen LogP contribution in [0.5, 0.6) is 0 Å². The molecule has 1 fully saturated rings. The summed E-state index contributed by atoms with van der Waals surface area (Å²) in [6, 6.07) is 5.98. The lowest BCUT2D eigenvalue weighted by Crippen LogP contribution is -2.30. The first kappa shape index (κ1) is 21.6. The van der Waals surface area contributed by atoms with Crippen molar-refractivity contribution < 1.29 is 14.3 Å². The predicted molar refractivity (Wildman–Crippen MR) is 122 cm³/mol. The molecule has 31 heavy (non-hydrogen) atoms. The fraction of sp³-hybridized carbons (Fsp3) is 0.520. The van der Waals surface area contributed by atoms with E-state index in [2.05, 4.69) is 23.7 Å². The van der Waals surface area contributed by atoms with Gasteiger partial charge in [-0.1, -0.05) is 13.8 Å². The Morgan fingerprint density at radius 3 is 2.55 bits per heavy atom. The van der Waals surface area contributed by atoms with E-state index in [0.29, 0.717) is 18.1 Å². The zero-order chi connectivity index (χ0) is 22.3. The molecule has 0 bridgehead atoms. The van der Waals surface area contributed by atoms with Gasteiger partial charge in [-0.2, -0.15) is 0 Å². The van der Waals surface area contributed by atoms with E-state index in [9.17, 15) is 9.59 Å². The summed E-state index contributed by atoms with van der Waals surface area (Å²) in [6.45, 7) is 6.27. The van der Waals surface area contributed by atoms with Crippen LogP contribution in [0.15, 0.2) is 24.4 Å². The van der Waals surface area contributed by atoms with E-state index in [4.69, 9.17) is 10.5 Å². The molecule has 1 aromatic heterocycles. The number of Topliss-reactive ketones (excluding diaryl/α,β-unsaturated/α-hetero) is 1. The number of nitrogens with zero attached hydrogens (tertiary/aromatic N) is 1. The van der Waals surface area contributed by atoms with Gasteiger partial charge in [0.05, 0.1) is 11.7 Å². The Morgan fingerprint density at radius 1 is 1.19 bits per heavy atom. The summed E-state index contributed by atoms with van der Waals surface area (Å²) < 4.78 is 7.59. The number of aryl methyl sites for hydroxylation is 1. The van der Waals surface area contributed by atoms with E-state index in [-0.39, 0.29) is 17.2 Å². The molecule has 0 saturated heterocycles. The minimum absolute atomic E-state index is 0.0686. The Kier molecular flexibility index (Phi) is 5.69. The Morgan fingerprint density at radius 2 is 1.90 bits per heavy atom. The van der Waals surface area contributed by atoms with E-state index in [1.54, 1.807) is 13.2 Å². The van der Waals surface area contributed by atoms with Crippen LogP contribution in [0.4, 0.5) is 5.69 Å². The zero-order valence-corrected chi connectivity index (χ0v) is 19.0. The Bertz CT molecular complexity index is 1010. The number of methoxy groups -OCH3 is 1. The molecule has 0 spiro atoms. The smallest absolute Gasteiger partial charge is 0.250 e. The van der Waals surface area contributed by atoms with E-state index in [1.165, 1.54) is 0 Å². The number of primary amides is 1. The molecule has 1 amide bonds. The number of ketones is 1. The SMILES string of the molecule is CO[C@H]1CC[C@H](Nc2cc(-n3cc(C)c4c3CC(C)(C)CC4=O)ccc2C(N)=O)CC1. The van der Waals surface area contributed by atoms with Gasteiger partial charge in [-0.15, -0.1) is 0 Å². The normalized spacial score (nSPS) is 22.8. The number of aromatic nitrogens is 1. The molecule has 0 aliphatic heterocycles. The zero-order valence-electron chi connectivity index (χ0n) is 19.0. The number of nitrogens with one attached hydrogen (secondary N) is 1. The Balaban J connectivity index is 1.70. The highest BCUT2D eigenvalue weighted by atomic mass is 16.5.